The Morgan fingerprint density at radius 1 is 1.11 bits per heavy atom. The third-order valence-corrected chi connectivity index (χ3v) is 3.01. The highest BCUT2D eigenvalue weighted by Gasteiger charge is 2.17. The van der Waals surface area contributed by atoms with Crippen LogP contribution in [0.4, 0.5) is 8.78 Å². The predicted octanol–water partition coefficient (Wildman–Crippen LogP) is 4.29. The second-order valence-electron chi connectivity index (χ2n) is 4.10. The third kappa shape index (κ3) is 2.58. The number of hydrogen-bond donors (Lipinski definition) is 1. The molecule has 5 heteroatoms. The Hall–Kier alpha value is -1.94. The molecule has 0 heterocycles. The maximum Gasteiger partial charge on any atom is 0.338 e. The van der Waals surface area contributed by atoms with E-state index in [1.54, 1.807) is 13.0 Å². The molecule has 0 amide bonds. The number of halogens is 3. The number of aryl methyl sites for hydroxylation is 1. The average Bonchev–Trinajstić information content (AvgIpc) is 2.34. The Labute approximate surface area is 113 Å². The molecule has 2 aromatic rings. The van der Waals surface area contributed by atoms with Crippen molar-refractivity contribution < 1.29 is 18.7 Å². The lowest BCUT2D eigenvalue weighted by Crippen LogP contribution is -2.01. The number of carbonyl (C=O) groups is 1. The fourth-order valence-corrected chi connectivity index (χ4v) is 2.03. The third-order valence-electron chi connectivity index (χ3n) is 2.70. The van der Waals surface area contributed by atoms with E-state index in [9.17, 15) is 13.6 Å². The van der Waals surface area contributed by atoms with Gasteiger partial charge in [0.25, 0.3) is 0 Å². The van der Waals surface area contributed by atoms with Gasteiger partial charge in [0.05, 0.1) is 5.56 Å². The Kier molecular flexibility index (Phi) is 3.53. The molecule has 98 valence electrons. The lowest BCUT2D eigenvalue weighted by atomic mass is 10.0. The van der Waals surface area contributed by atoms with Crippen LogP contribution < -0.4 is 0 Å². The Bertz CT molecular complexity index is 669. The second kappa shape index (κ2) is 4.97. The van der Waals surface area contributed by atoms with E-state index >= 15 is 0 Å². The molecule has 1 N–H and O–H groups in total. The summed E-state index contributed by atoms with van der Waals surface area (Å²) in [5.74, 6) is -2.92. The molecule has 0 saturated heterocycles. The van der Waals surface area contributed by atoms with Gasteiger partial charge in [0.1, 0.15) is 11.6 Å². The summed E-state index contributed by atoms with van der Waals surface area (Å²) in [4.78, 5) is 10.8. The quantitative estimate of drug-likeness (QED) is 0.892. The van der Waals surface area contributed by atoms with E-state index < -0.39 is 23.2 Å². The highest BCUT2D eigenvalue weighted by molar-refractivity contribution is 6.33. The zero-order valence-electron chi connectivity index (χ0n) is 9.88. The number of carboxylic acid groups (broad SMARTS) is 1. The largest absolute Gasteiger partial charge is 0.478 e. The molecule has 0 aromatic heterocycles. The minimum atomic E-state index is -1.42. The Morgan fingerprint density at radius 2 is 1.79 bits per heavy atom. The van der Waals surface area contributed by atoms with Gasteiger partial charge in [0.2, 0.25) is 0 Å². The van der Waals surface area contributed by atoms with E-state index in [0.29, 0.717) is 0 Å². The molecule has 19 heavy (non-hydrogen) atoms. The molecular weight excluding hydrogens is 274 g/mol. The molecule has 0 atom stereocenters. The molecule has 0 aliphatic heterocycles. The SMILES string of the molecule is Cc1ccc(F)c(-c2cc(F)c(C(=O)O)cc2Cl)c1. The van der Waals surface area contributed by atoms with Crippen molar-refractivity contribution >= 4 is 17.6 Å². The summed E-state index contributed by atoms with van der Waals surface area (Å²) in [5, 5.41) is 8.77. The number of benzene rings is 2. The molecule has 0 unspecified atom stereocenters. The van der Waals surface area contributed by atoms with Crippen molar-refractivity contribution in [2.75, 3.05) is 0 Å². The summed E-state index contributed by atoms with van der Waals surface area (Å²) in [6.45, 7) is 1.76. The molecule has 0 saturated carbocycles. The van der Waals surface area contributed by atoms with Gasteiger partial charge in [-0.2, -0.15) is 0 Å². The highest BCUT2D eigenvalue weighted by Crippen LogP contribution is 2.32. The van der Waals surface area contributed by atoms with Crippen LogP contribution in [-0.2, 0) is 0 Å². The van der Waals surface area contributed by atoms with Crippen LogP contribution in [0.25, 0.3) is 11.1 Å². The van der Waals surface area contributed by atoms with E-state index in [2.05, 4.69) is 0 Å². The lowest BCUT2D eigenvalue weighted by molar-refractivity contribution is 0.0692. The van der Waals surface area contributed by atoms with Crippen molar-refractivity contribution in [3.63, 3.8) is 0 Å². The van der Waals surface area contributed by atoms with Gasteiger partial charge >= 0.3 is 5.97 Å². The molecule has 0 radical (unpaired) electrons. The summed E-state index contributed by atoms with van der Waals surface area (Å²) >= 11 is 5.91. The first-order chi connectivity index (χ1) is 8.90. The van der Waals surface area contributed by atoms with Crippen LogP contribution in [0.15, 0.2) is 30.3 Å². The summed E-state index contributed by atoms with van der Waals surface area (Å²) < 4.78 is 27.4. The first kappa shape index (κ1) is 13.5. The van der Waals surface area contributed by atoms with Crippen LogP contribution in [0.3, 0.4) is 0 Å². The van der Waals surface area contributed by atoms with Gasteiger partial charge < -0.3 is 5.11 Å². The van der Waals surface area contributed by atoms with Crippen molar-refractivity contribution in [2.45, 2.75) is 6.92 Å². The monoisotopic (exact) mass is 282 g/mol. The smallest absolute Gasteiger partial charge is 0.338 e. The van der Waals surface area contributed by atoms with Gasteiger partial charge in [0.15, 0.2) is 0 Å². The van der Waals surface area contributed by atoms with E-state index in [-0.39, 0.29) is 16.1 Å². The van der Waals surface area contributed by atoms with E-state index in [0.717, 1.165) is 17.7 Å². The standard InChI is InChI=1S/C14H9ClF2O2/c1-7-2-3-12(16)9(4-7)8-6-13(17)10(14(18)19)5-11(8)15/h2-6H,1H3,(H,18,19). The van der Waals surface area contributed by atoms with Crippen molar-refractivity contribution in [1.82, 2.24) is 0 Å². The van der Waals surface area contributed by atoms with Gasteiger partial charge in [-0.05, 0) is 31.2 Å². The van der Waals surface area contributed by atoms with Crippen LogP contribution in [0, 0.1) is 18.6 Å². The number of rotatable bonds is 2. The van der Waals surface area contributed by atoms with E-state index in [1.807, 2.05) is 0 Å². The minimum absolute atomic E-state index is 0.0108. The number of hydrogen-bond acceptors (Lipinski definition) is 1. The van der Waals surface area contributed by atoms with E-state index in [1.165, 1.54) is 12.1 Å². The first-order valence-electron chi connectivity index (χ1n) is 5.39. The van der Waals surface area contributed by atoms with Gasteiger partial charge in [-0.15, -0.1) is 0 Å². The molecule has 0 aliphatic rings. The summed E-state index contributed by atoms with van der Waals surface area (Å²) in [5.41, 5.74) is 0.517. The molecule has 2 nitrogen and oxygen atoms in total. The zero-order chi connectivity index (χ0) is 14.2. The highest BCUT2D eigenvalue weighted by atomic mass is 35.5. The predicted molar refractivity (Wildman–Crippen MR) is 68.5 cm³/mol. The van der Waals surface area contributed by atoms with Crippen molar-refractivity contribution in [3.8, 4) is 11.1 Å². The molecule has 0 fully saturated rings. The lowest BCUT2D eigenvalue weighted by Gasteiger charge is -2.09. The van der Waals surface area contributed by atoms with Crippen LogP contribution in [0.5, 0.6) is 0 Å². The molecule has 2 rings (SSSR count). The van der Waals surface area contributed by atoms with Gasteiger partial charge in [-0.3, -0.25) is 0 Å². The minimum Gasteiger partial charge on any atom is -0.478 e. The number of carboxylic acids is 1. The maximum atomic E-state index is 13.7. The maximum absolute atomic E-state index is 13.7. The summed E-state index contributed by atoms with van der Waals surface area (Å²) in [6.07, 6.45) is 0. The van der Waals surface area contributed by atoms with Crippen LogP contribution in [0.2, 0.25) is 5.02 Å². The van der Waals surface area contributed by atoms with Gasteiger partial charge in [-0.25, -0.2) is 13.6 Å². The molecular formula is C14H9ClF2O2. The number of aromatic carboxylic acids is 1. The fourth-order valence-electron chi connectivity index (χ4n) is 1.76. The van der Waals surface area contributed by atoms with Crippen LogP contribution in [-0.4, -0.2) is 11.1 Å². The Morgan fingerprint density at radius 3 is 2.42 bits per heavy atom. The molecule has 2 aromatic carbocycles. The van der Waals surface area contributed by atoms with Crippen molar-refractivity contribution in [2.24, 2.45) is 0 Å². The average molecular weight is 283 g/mol. The molecule has 0 spiro atoms. The van der Waals surface area contributed by atoms with Crippen LogP contribution >= 0.6 is 11.6 Å². The fraction of sp³-hybridized carbons (Fsp3) is 0.0714. The summed E-state index contributed by atoms with van der Waals surface area (Å²) in [6, 6.07) is 6.27. The van der Waals surface area contributed by atoms with Crippen molar-refractivity contribution in [1.29, 1.82) is 0 Å². The zero-order valence-corrected chi connectivity index (χ0v) is 10.6. The topological polar surface area (TPSA) is 37.3 Å². The van der Waals surface area contributed by atoms with Gasteiger partial charge in [-0.1, -0.05) is 23.2 Å². The van der Waals surface area contributed by atoms with E-state index in [4.69, 9.17) is 16.7 Å². The Balaban J connectivity index is 2.67. The molecule has 0 bridgehead atoms. The van der Waals surface area contributed by atoms with Crippen LogP contribution in [0.1, 0.15) is 15.9 Å². The normalized spacial score (nSPS) is 10.5. The van der Waals surface area contributed by atoms with Gasteiger partial charge in [0, 0.05) is 16.1 Å². The molecule has 0 aliphatic carbocycles. The van der Waals surface area contributed by atoms with Crippen molar-refractivity contribution in [3.05, 3.63) is 58.1 Å². The first-order valence-corrected chi connectivity index (χ1v) is 5.77. The summed E-state index contributed by atoms with van der Waals surface area (Å²) in [7, 11) is 0. The second-order valence-corrected chi connectivity index (χ2v) is 4.51.